The highest BCUT2D eigenvalue weighted by atomic mass is 16.5. The van der Waals surface area contributed by atoms with Crippen LogP contribution in [0.25, 0.3) is 0 Å². The molecule has 0 spiro atoms. The van der Waals surface area contributed by atoms with Crippen LogP contribution in [0.2, 0.25) is 0 Å². The molecule has 2 nitrogen and oxygen atoms in total. The molecule has 0 unspecified atom stereocenters. The number of ether oxygens (including phenoxy) is 1. The lowest BCUT2D eigenvalue weighted by Crippen LogP contribution is -1.98. The minimum atomic E-state index is -0.152. The molecule has 0 saturated heterocycles. The van der Waals surface area contributed by atoms with Crippen LogP contribution in [0.1, 0.15) is 25.7 Å². The van der Waals surface area contributed by atoms with Crippen molar-refractivity contribution in [3.05, 3.63) is 12.2 Å². The molecule has 0 aromatic heterocycles. The van der Waals surface area contributed by atoms with E-state index in [9.17, 15) is 4.79 Å². The van der Waals surface area contributed by atoms with E-state index in [1.807, 2.05) is 12.2 Å². The number of unbranched alkanes of at least 4 members (excludes halogenated alkanes) is 1. The number of esters is 1. The molecule has 0 heterocycles. The van der Waals surface area contributed by atoms with Gasteiger partial charge in [0.15, 0.2) is 0 Å². The van der Waals surface area contributed by atoms with Crippen LogP contribution in [-0.4, -0.2) is 13.1 Å². The number of allylic oxidation sites excluding steroid dienone is 2. The molecule has 0 rings (SSSR count). The van der Waals surface area contributed by atoms with Crippen molar-refractivity contribution in [1.29, 1.82) is 0 Å². The molecule has 0 aliphatic heterocycles. The monoisotopic (exact) mass is 166 g/mol. The van der Waals surface area contributed by atoms with Gasteiger partial charge in [0.2, 0.25) is 0 Å². The van der Waals surface area contributed by atoms with Crippen LogP contribution in [0, 0.1) is 12.3 Å². The van der Waals surface area contributed by atoms with E-state index in [1.165, 1.54) is 7.11 Å². The Kier molecular flexibility index (Phi) is 7.07. The zero-order valence-electron chi connectivity index (χ0n) is 7.38. The highest BCUT2D eigenvalue weighted by Gasteiger charge is 1.96. The molecule has 0 amide bonds. The van der Waals surface area contributed by atoms with E-state index in [0.717, 1.165) is 12.8 Å². The Bertz CT molecular complexity index is 187. The molecule has 2 heteroatoms. The Morgan fingerprint density at radius 1 is 1.58 bits per heavy atom. The predicted molar refractivity (Wildman–Crippen MR) is 48.5 cm³/mol. The zero-order valence-corrected chi connectivity index (χ0v) is 7.38. The third-order valence-corrected chi connectivity index (χ3v) is 1.38. The molecule has 0 aliphatic rings. The van der Waals surface area contributed by atoms with Gasteiger partial charge in [-0.05, 0) is 12.8 Å². The second-order valence-electron chi connectivity index (χ2n) is 2.35. The SMILES string of the molecule is C#CC/C=C\CCCC(=O)OC. The first kappa shape index (κ1) is 10.8. The number of rotatable bonds is 5. The Hall–Kier alpha value is -1.23. The maximum Gasteiger partial charge on any atom is 0.305 e. The van der Waals surface area contributed by atoms with Crippen molar-refractivity contribution < 1.29 is 9.53 Å². The molecule has 0 fully saturated rings. The van der Waals surface area contributed by atoms with Gasteiger partial charge in [-0.3, -0.25) is 4.79 Å². The van der Waals surface area contributed by atoms with Crippen molar-refractivity contribution in [2.24, 2.45) is 0 Å². The average molecular weight is 166 g/mol. The first-order valence-electron chi connectivity index (χ1n) is 3.96. The van der Waals surface area contributed by atoms with Gasteiger partial charge in [0.05, 0.1) is 7.11 Å². The minimum Gasteiger partial charge on any atom is -0.469 e. The number of carbonyl (C=O) groups excluding carboxylic acids is 1. The van der Waals surface area contributed by atoms with Crippen LogP contribution < -0.4 is 0 Å². The summed E-state index contributed by atoms with van der Waals surface area (Å²) in [5, 5.41) is 0. The van der Waals surface area contributed by atoms with E-state index in [2.05, 4.69) is 10.7 Å². The summed E-state index contributed by atoms with van der Waals surface area (Å²) in [5.74, 6) is 2.35. The van der Waals surface area contributed by atoms with Crippen LogP contribution in [0.4, 0.5) is 0 Å². The summed E-state index contributed by atoms with van der Waals surface area (Å²) in [4.78, 5) is 10.6. The van der Waals surface area contributed by atoms with Crippen LogP contribution in [-0.2, 0) is 9.53 Å². The van der Waals surface area contributed by atoms with Gasteiger partial charge in [-0.1, -0.05) is 12.2 Å². The zero-order chi connectivity index (χ0) is 9.23. The van der Waals surface area contributed by atoms with Crippen molar-refractivity contribution in [3.8, 4) is 12.3 Å². The molecule has 0 atom stereocenters. The molecule has 0 saturated carbocycles. The predicted octanol–water partition coefficient (Wildman–Crippen LogP) is 1.91. The second kappa shape index (κ2) is 7.87. The van der Waals surface area contributed by atoms with Gasteiger partial charge in [-0.15, -0.1) is 12.3 Å². The number of carbonyl (C=O) groups is 1. The molecule has 12 heavy (non-hydrogen) atoms. The summed E-state index contributed by atoms with van der Waals surface area (Å²) in [6.07, 6.45) is 11.8. The van der Waals surface area contributed by atoms with E-state index in [-0.39, 0.29) is 5.97 Å². The van der Waals surface area contributed by atoms with E-state index < -0.39 is 0 Å². The van der Waals surface area contributed by atoms with Crippen molar-refractivity contribution in [1.82, 2.24) is 0 Å². The fourth-order valence-corrected chi connectivity index (χ4v) is 0.736. The molecular weight excluding hydrogens is 152 g/mol. The van der Waals surface area contributed by atoms with Gasteiger partial charge < -0.3 is 4.74 Å². The van der Waals surface area contributed by atoms with Crippen LogP contribution in [0.3, 0.4) is 0 Å². The standard InChI is InChI=1S/C10H14O2/c1-3-4-5-6-7-8-9-10(11)12-2/h1,5-6H,4,7-9H2,2H3/b6-5-. The second-order valence-corrected chi connectivity index (χ2v) is 2.35. The normalized spacial score (nSPS) is 9.67. The molecule has 0 radical (unpaired) electrons. The Morgan fingerprint density at radius 2 is 2.33 bits per heavy atom. The van der Waals surface area contributed by atoms with Crippen molar-refractivity contribution in [2.75, 3.05) is 7.11 Å². The van der Waals surface area contributed by atoms with E-state index in [0.29, 0.717) is 12.8 Å². The lowest BCUT2D eigenvalue weighted by atomic mass is 10.2. The topological polar surface area (TPSA) is 26.3 Å². The van der Waals surface area contributed by atoms with Gasteiger partial charge >= 0.3 is 5.97 Å². The first-order valence-corrected chi connectivity index (χ1v) is 3.96. The lowest BCUT2D eigenvalue weighted by molar-refractivity contribution is -0.140. The van der Waals surface area contributed by atoms with E-state index in [4.69, 9.17) is 6.42 Å². The quantitative estimate of drug-likeness (QED) is 0.270. The fourth-order valence-electron chi connectivity index (χ4n) is 0.736. The average Bonchev–Trinajstić information content (AvgIpc) is 2.10. The van der Waals surface area contributed by atoms with Crippen molar-refractivity contribution in [2.45, 2.75) is 25.7 Å². The molecule has 0 aliphatic carbocycles. The third kappa shape index (κ3) is 6.88. The van der Waals surface area contributed by atoms with E-state index in [1.54, 1.807) is 0 Å². The van der Waals surface area contributed by atoms with Gasteiger partial charge in [-0.25, -0.2) is 0 Å². The Morgan fingerprint density at radius 3 is 2.92 bits per heavy atom. The van der Waals surface area contributed by atoms with Crippen molar-refractivity contribution >= 4 is 5.97 Å². The highest BCUT2D eigenvalue weighted by Crippen LogP contribution is 1.98. The molecule has 0 bridgehead atoms. The molecule has 0 N–H and O–H groups in total. The molecule has 0 aromatic carbocycles. The lowest BCUT2D eigenvalue weighted by Gasteiger charge is -1.95. The highest BCUT2D eigenvalue weighted by molar-refractivity contribution is 5.68. The maximum absolute atomic E-state index is 10.6. The Labute approximate surface area is 73.6 Å². The summed E-state index contributed by atoms with van der Waals surface area (Å²) in [5.41, 5.74) is 0. The summed E-state index contributed by atoms with van der Waals surface area (Å²) < 4.78 is 4.48. The third-order valence-electron chi connectivity index (χ3n) is 1.38. The van der Waals surface area contributed by atoms with Gasteiger partial charge in [0.1, 0.15) is 0 Å². The Balaban J connectivity index is 3.22. The van der Waals surface area contributed by atoms with E-state index >= 15 is 0 Å². The summed E-state index contributed by atoms with van der Waals surface area (Å²) in [7, 11) is 1.40. The number of terminal acetylenes is 1. The fraction of sp³-hybridized carbons (Fsp3) is 0.500. The van der Waals surface area contributed by atoms with Gasteiger partial charge in [-0.2, -0.15) is 0 Å². The van der Waals surface area contributed by atoms with Gasteiger partial charge in [0.25, 0.3) is 0 Å². The van der Waals surface area contributed by atoms with Gasteiger partial charge in [0, 0.05) is 12.8 Å². The first-order chi connectivity index (χ1) is 5.81. The molecular formula is C10H14O2. The van der Waals surface area contributed by atoms with Crippen molar-refractivity contribution in [3.63, 3.8) is 0 Å². The minimum absolute atomic E-state index is 0.152. The smallest absolute Gasteiger partial charge is 0.305 e. The maximum atomic E-state index is 10.6. The summed E-state index contributed by atoms with van der Waals surface area (Å²) in [6, 6.07) is 0. The number of methoxy groups -OCH3 is 1. The summed E-state index contributed by atoms with van der Waals surface area (Å²) >= 11 is 0. The van der Waals surface area contributed by atoms with Crippen LogP contribution in [0.5, 0.6) is 0 Å². The van der Waals surface area contributed by atoms with Crippen LogP contribution >= 0.6 is 0 Å². The largest absolute Gasteiger partial charge is 0.469 e. The number of hydrogen-bond donors (Lipinski definition) is 0. The van der Waals surface area contributed by atoms with Crippen LogP contribution in [0.15, 0.2) is 12.2 Å². The summed E-state index contributed by atoms with van der Waals surface area (Å²) in [6.45, 7) is 0. The molecule has 66 valence electrons. The molecule has 0 aromatic rings. The number of hydrogen-bond acceptors (Lipinski definition) is 2.